The van der Waals surface area contributed by atoms with Crippen molar-refractivity contribution >= 4 is 34.8 Å². The zero-order valence-electron chi connectivity index (χ0n) is 12.8. The molecule has 0 atom stereocenters. The number of hydrogen-bond donors (Lipinski definition) is 2. The quantitative estimate of drug-likeness (QED) is 0.666. The first-order valence-corrected chi connectivity index (χ1v) is 7.32. The van der Waals surface area contributed by atoms with Crippen molar-refractivity contribution in [2.45, 2.75) is 13.8 Å². The standard InChI is InChI=1S/C17H16ClN3O2/c1-11(13-3-7-15(18)8-4-13)20-21-17(23)14-5-9-16(10-6-14)19-12(2)22/h3-10H,1-2H3,(H,19,22)(H,21,23). The summed E-state index contributed by atoms with van der Waals surface area (Å²) in [5.74, 6) is -0.488. The number of hydrazone groups is 1. The van der Waals surface area contributed by atoms with Gasteiger partial charge in [0.2, 0.25) is 5.91 Å². The van der Waals surface area contributed by atoms with Gasteiger partial charge in [0.1, 0.15) is 0 Å². The summed E-state index contributed by atoms with van der Waals surface area (Å²) in [4.78, 5) is 23.0. The molecule has 0 aliphatic heterocycles. The Balaban J connectivity index is 2.02. The van der Waals surface area contributed by atoms with Gasteiger partial charge in [-0.1, -0.05) is 23.7 Å². The highest BCUT2D eigenvalue weighted by molar-refractivity contribution is 6.30. The molecule has 0 radical (unpaired) electrons. The average molecular weight is 330 g/mol. The zero-order chi connectivity index (χ0) is 16.8. The number of nitrogens with zero attached hydrogens (tertiary/aromatic N) is 1. The Kier molecular flexibility index (Phi) is 5.49. The lowest BCUT2D eigenvalue weighted by Crippen LogP contribution is -2.19. The molecule has 2 aromatic carbocycles. The smallest absolute Gasteiger partial charge is 0.271 e. The van der Waals surface area contributed by atoms with E-state index in [4.69, 9.17) is 11.6 Å². The second-order valence-electron chi connectivity index (χ2n) is 4.90. The van der Waals surface area contributed by atoms with Gasteiger partial charge in [0, 0.05) is 23.2 Å². The Labute approximate surface area is 139 Å². The minimum absolute atomic E-state index is 0.162. The summed E-state index contributed by atoms with van der Waals surface area (Å²) < 4.78 is 0. The Morgan fingerprint density at radius 3 is 2.04 bits per heavy atom. The highest BCUT2D eigenvalue weighted by Crippen LogP contribution is 2.11. The number of nitrogens with one attached hydrogen (secondary N) is 2. The minimum atomic E-state index is -0.326. The van der Waals surface area contributed by atoms with Gasteiger partial charge in [0.15, 0.2) is 0 Å². The summed E-state index contributed by atoms with van der Waals surface area (Å²) in [6, 6.07) is 13.7. The van der Waals surface area contributed by atoms with Crippen LogP contribution in [0.5, 0.6) is 0 Å². The van der Waals surface area contributed by atoms with E-state index in [9.17, 15) is 9.59 Å². The molecule has 6 heteroatoms. The van der Waals surface area contributed by atoms with Crippen LogP contribution in [0.2, 0.25) is 5.02 Å². The molecule has 0 bridgehead atoms. The van der Waals surface area contributed by atoms with E-state index in [0.717, 1.165) is 5.56 Å². The lowest BCUT2D eigenvalue weighted by atomic mass is 10.1. The molecule has 0 spiro atoms. The summed E-state index contributed by atoms with van der Waals surface area (Å²) in [7, 11) is 0. The van der Waals surface area contributed by atoms with Gasteiger partial charge in [0.25, 0.3) is 5.91 Å². The molecule has 2 N–H and O–H groups in total. The third-order valence-corrected chi connectivity index (χ3v) is 3.31. The number of hydrogen-bond acceptors (Lipinski definition) is 3. The van der Waals surface area contributed by atoms with Crippen LogP contribution in [-0.2, 0) is 4.79 Å². The first-order valence-electron chi connectivity index (χ1n) is 6.94. The fourth-order valence-electron chi connectivity index (χ4n) is 1.86. The van der Waals surface area contributed by atoms with Gasteiger partial charge in [-0.3, -0.25) is 9.59 Å². The van der Waals surface area contributed by atoms with Crippen LogP contribution >= 0.6 is 11.6 Å². The van der Waals surface area contributed by atoms with Crippen LogP contribution in [0, 0.1) is 0 Å². The van der Waals surface area contributed by atoms with Crippen LogP contribution < -0.4 is 10.7 Å². The molecular weight excluding hydrogens is 314 g/mol. The first-order chi connectivity index (χ1) is 11.0. The Bertz CT molecular complexity index is 737. The molecule has 2 rings (SSSR count). The predicted molar refractivity (Wildman–Crippen MR) is 91.9 cm³/mol. The number of carbonyl (C=O) groups is 2. The van der Waals surface area contributed by atoms with Crippen LogP contribution in [0.3, 0.4) is 0 Å². The van der Waals surface area contributed by atoms with Gasteiger partial charge in [0.05, 0.1) is 5.71 Å². The molecule has 0 aromatic heterocycles. The lowest BCUT2D eigenvalue weighted by Gasteiger charge is -2.05. The summed E-state index contributed by atoms with van der Waals surface area (Å²) in [6.07, 6.45) is 0. The van der Waals surface area contributed by atoms with Crippen molar-refractivity contribution in [3.8, 4) is 0 Å². The van der Waals surface area contributed by atoms with Gasteiger partial charge >= 0.3 is 0 Å². The van der Waals surface area contributed by atoms with Crippen LogP contribution in [-0.4, -0.2) is 17.5 Å². The molecule has 0 unspecified atom stereocenters. The first kappa shape index (κ1) is 16.7. The molecule has 2 aromatic rings. The highest BCUT2D eigenvalue weighted by atomic mass is 35.5. The summed E-state index contributed by atoms with van der Waals surface area (Å²) in [5.41, 5.74) is 5.13. The van der Waals surface area contributed by atoms with Crippen molar-refractivity contribution in [3.63, 3.8) is 0 Å². The summed E-state index contributed by atoms with van der Waals surface area (Å²) in [5, 5.41) is 7.36. The lowest BCUT2D eigenvalue weighted by molar-refractivity contribution is -0.114. The SMILES string of the molecule is CC(=O)Nc1ccc(C(=O)NN=C(C)c2ccc(Cl)cc2)cc1. The fraction of sp³-hybridized carbons (Fsp3) is 0.118. The molecule has 2 amide bonds. The van der Waals surface area contributed by atoms with Crippen molar-refractivity contribution in [2.24, 2.45) is 5.10 Å². The van der Waals surface area contributed by atoms with E-state index in [2.05, 4.69) is 15.8 Å². The summed E-state index contributed by atoms with van der Waals surface area (Å²) in [6.45, 7) is 3.22. The predicted octanol–water partition coefficient (Wildman–Crippen LogP) is 3.45. The van der Waals surface area contributed by atoms with Crippen LogP contribution in [0.25, 0.3) is 0 Å². The number of anilines is 1. The topological polar surface area (TPSA) is 70.6 Å². The van der Waals surface area contributed by atoms with Crippen molar-refractivity contribution in [1.29, 1.82) is 0 Å². The maximum Gasteiger partial charge on any atom is 0.271 e. The molecule has 118 valence electrons. The highest BCUT2D eigenvalue weighted by Gasteiger charge is 2.05. The molecule has 23 heavy (non-hydrogen) atoms. The second-order valence-corrected chi connectivity index (χ2v) is 5.34. The fourth-order valence-corrected chi connectivity index (χ4v) is 1.99. The molecule has 0 saturated heterocycles. The van der Waals surface area contributed by atoms with E-state index in [1.165, 1.54) is 6.92 Å². The zero-order valence-corrected chi connectivity index (χ0v) is 13.5. The molecule has 0 fully saturated rings. The summed E-state index contributed by atoms with van der Waals surface area (Å²) >= 11 is 5.83. The molecule has 0 aliphatic rings. The molecular formula is C17H16ClN3O2. The van der Waals surface area contributed by atoms with Gasteiger partial charge in [-0.15, -0.1) is 0 Å². The monoisotopic (exact) mass is 329 g/mol. The Morgan fingerprint density at radius 1 is 0.913 bits per heavy atom. The maximum absolute atomic E-state index is 12.0. The minimum Gasteiger partial charge on any atom is -0.326 e. The van der Waals surface area contributed by atoms with Crippen molar-refractivity contribution in [2.75, 3.05) is 5.32 Å². The molecule has 0 saturated carbocycles. The van der Waals surface area contributed by atoms with Gasteiger partial charge in [-0.25, -0.2) is 5.43 Å². The van der Waals surface area contributed by atoms with E-state index < -0.39 is 0 Å². The van der Waals surface area contributed by atoms with Crippen LogP contribution in [0.4, 0.5) is 5.69 Å². The van der Waals surface area contributed by atoms with Gasteiger partial charge in [-0.05, 0) is 48.9 Å². The number of amides is 2. The van der Waals surface area contributed by atoms with E-state index >= 15 is 0 Å². The third-order valence-electron chi connectivity index (χ3n) is 3.05. The van der Waals surface area contributed by atoms with E-state index in [0.29, 0.717) is 22.0 Å². The normalized spacial score (nSPS) is 11.0. The maximum atomic E-state index is 12.0. The molecule has 0 heterocycles. The number of halogens is 1. The number of benzene rings is 2. The number of rotatable bonds is 4. The number of carbonyl (C=O) groups excluding carboxylic acids is 2. The largest absolute Gasteiger partial charge is 0.326 e. The van der Waals surface area contributed by atoms with Crippen molar-refractivity contribution in [1.82, 2.24) is 5.43 Å². The van der Waals surface area contributed by atoms with Gasteiger partial charge in [-0.2, -0.15) is 5.10 Å². The van der Waals surface area contributed by atoms with Crippen LogP contribution in [0.1, 0.15) is 29.8 Å². The van der Waals surface area contributed by atoms with E-state index in [1.54, 1.807) is 43.3 Å². The average Bonchev–Trinajstić information content (AvgIpc) is 2.53. The third kappa shape index (κ3) is 4.93. The van der Waals surface area contributed by atoms with E-state index in [-0.39, 0.29) is 11.8 Å². The van der Waals surface area contributed by atoms with Crippen molar-refractivity contribution < 1.29 is 9.59 Å². The van der Waals surface area contributed by atoms with Crippen LogP contribution in [0.15, 0.2) is 53.6 Å². The molecule has 0 aliphatic carbocycles. The van der Waals surface area contributed by atoms with Crippen molar-refractivity contribution in [3.05, 3.63) is 64.7 Å². The van der Waals surface area contributed by atoms with E-state index in [1.807, 2.05) is 12.1 Å². The second kappa shape index (κ2) is 7.56. The Morgan fingerprint density at radius 2 is 1.48 bits per heavy atom. The van der Waals surface area contributed by atoms with Gasteiger partial charge < -0.3 is 5.32 Å². The Hall–Kier alpha value is -2.66. The molecule has 5 nitrogen and oxygen atoms in total.